The lowest BCUT2D eigenvalue weighted by Crippen LogP contribution is -2.47. The van der Waals surface area contributed by atoms with E-state index in [1.807, 2.05) is 29.0 Å². The number of carbonyl (C=O) groups is 2. The molecule has 1 atom stereocenters. The van der Waals surface area contributed by atoms with Crippen molar-refractivity contribution < 1.29 is 9.59 Å². The first-order valence-corrected chi connectivity index (χ1v) is 9.47. The molecule has 0 unspecified atom stereocenters. The Morgan fingerprint density at radius 1 is 1.15 bits per heavy atom. The lowest BCUT2D eigenvalue weighted by molar-refractivity contribution is -0.133. The molecule has 1 saturated heterocycles. The molecule has 7 heteroatoms. The van der Waals surface area contributed by atoms with Crippen LogP contribution in [0.25, 0.3) is 0 Å². The van der Waals surface area contributed by atoms with Crippen LogP contribution in [0.15, 0.2) is 42.9 Å². The van der Waals surface area contributed by atoms with Crippen LogP contribution in [0.4, 0.5) is 0 Å². The minimum atomic E-state index is -0.723. The average molecular weight is 369 g/mol. The van der Waals surface area contributed by atoms with Crippen LogP contribution in [-0.4, -0.2) is 51.9 Å². The average Bonchev–Trinajstić information content (AvgIpc) is 3.14. The number of hydrogen-bond acceptors (Lipinski definition) is 4. The number of nitrogens with one attached hydrogen (secondary N) is 1. The first-order valence-electron chi connectivity index (χ1n) is 9.47. The van der Waals surface area contributed by atoms with Gasteiger partial charge in [-0.3, -0.25) is 9.59 Å². The number of likely N-dealkylation sites (tertiary alicyclic amines) is 1. The Labute approximate surface area is 159 Å². The number of benzene rings is 1. The number of rotatable bonds is 7. The Morgan fingerprint density at radius 2 is 1.89 bits per heavy atom. The fourth-order valence-corrected chi connectivity index (χ4v) is 3.26. The van der Waals surface area contributed by atoms with Crippen molar-refractivity contribution in [1.29, 1.82) is 0 Å². The molecule has 1 aliphatic rings. The smallest absolute Gasteiger partial charge is 0.241 e. The van der Waals surface area contributed by atoms with Gasteiger partial charge in [0.1, 0.15) is 0 Å². The largest absolute Gasteiger partial charge is 0.346 e. The highest BCUT2D eigenvalue weighted by Gasteiger charge is 2.20. The molecule has 2 amide bonds. The monoisotopic (exact) mass is 369 g/mol. The van der Waals surface area contributed by atoms with Gasteiger partial charge in [-0.05, 0) is 24.8 Å². The quantitative estimate of drug-likeness (QED) is 0.759. The van der Waals surface area contributed by atoms with Crippen LogP contribution in [0.2, 0.25) is 0 Å². The fraction of sp³-hybridized carbons (Fsp3) is 0.450. The Hall–Kier alpha value is -2.67. The van der Waals surface area contributed by atoms with Gasteiger partial charge in [-0.2, -0.15) is 0 Å². The normalized spacial score (nSPS) is 15.4. The SMILES string of the molecule is N[C@@H](Cc1cn(Cc2ccccc2)cn1)C(=O)NCC(=O)N1CCCCC1. The molecule has 0 bridgehead atoms. The third kappa shape index (κ3) is 5.65. The minimum Gasteiger partial charge on any atom is -0.346 e. The van der Waals surface area contributed by atoms with Crippen LogP contribution >= 0.6 is 0 Å². The summed E-state index contributed by atoms with van der Waals surface area (Å²) >= 11 is 0. The van der Waals surface area contributed by atoms with Crippen LogP contribution in [0.1, 0.15) is 30.5 Å². The van der Waals surface area contributed by atoms with Crippen LogP contribution in [0.5, 0.6) is 0 Å². The summed E-state index contributed by atoms with van der Waals surface area (Å²) in [5, 5.41) is 2.66. The Bertz CT molecular complexity index is 753. The molecule has 1 aliphatic heterocycles. The van der Waals surface area contributed by atoms with Crippen LogP contribution < -0.4 is 11.1 Å². The maximum absolute atomic E-state index is 12.2. The molecule has 3 N–H and O–H groups in total. The van der Waals surface area contributed by atoms with Crippen LogP contribution in [-0.2, 0) is 22.6 Å². The summed E-state index contributed by atoms with van der Waals surface area (Å²) in [6.45, 7) is 2.29. The lowest BCUT2D eigenvalue weighted by atomic mass is 10.1. The van der Waals surface area contributed by atoms with E-state index < -0.39 is 6.04 Å². The van der Waals surface area contributed by atoms with Gasteiger partial charge in [-0.1, -0.05) is 30.3 Å². The highest BCUT2D eigenvalue weighted by Crippen LogP contribution is 2.08. The summed E-state index contributed by atoms with van der Waals surface area (Å²) < 4.78 is 1.97. The lowest BCUT2D eigenvalue weighted by Gasteiger charge is -2.26. The number of nitrogens with two attached hydrogens (primary N) is 1. The van der Waals surface area contributed by atoms with Gasteiger partial charge in [0.15, 0.2) is 0 Å². The molecule has 0 radical (unpaired) electrons. The van der Waals surface area contributed by atoms with E-state index in [1.165, 1.54) is 5.56 Å². The maximum atomic E-state index is 12.2. The predicted octanol–water partition coefficient (Wildman–Crippen LogP) is 0.930. The molecule has 1 fully saturated rings. The van der Waals surface area contributed by atoms with Crippen molar-refractivity contribution in [3.8, 4) is 0 Å². The highest BCUT2D eigenvalue weighted by atomic mass is 16.2. The van der Waals surface area contributed by atoms with E-state index >= 15 is 0 Å². The number of aromatic nitrogens is 2. The summed E-state index contributed by atoms with van der Waals surface area (Å²) in [5.74, 6) is -0.361. The molecule has 0 spiro atoms. The van der Waals surface area contributed by atoms with Crippen molar-refractivity contribution in [3.05, 3.63) is 54.1 Å². The highest BCUT2D eigenvalue weighted by molar-refractivity contribution is 5.87. The zero-order chi connectivity index (χ0) is 19.1. The second-order valence-corrected chi connectivity index (χ2v) is 6.99. The van der Waals surface area contributed by atoms with Crippen molar-refractivity contribution >= 4 is 11.8 Å². The first kappa shape index (κ1) is 19.1. The van der Waals surface area contributed by atoms with Crippen molar-refractivity contribution in [2.45, 2.75) is 38.3 Å². The minimum absolute atomic E-state index is 0.00891. The molecule has 1 aromatic carbocycles. The molecule has 27 heavy (non-hydrogen) atoms. The van der Waals surface area contributed by atoms with Crippen molar-refractivity contribution in [2.75, 3.05) is 19.6 Å². The van der Waals surface area contributed by atoms with Gasteiger partial charge in [0.05, 0.1) is 24.6 Å². The van der Waals surface area contributed by atoms with Crippen LogP contribution in [0.3, 0.4) is 0 Å². The summed E-state index contributed by atoms with van der Waals surface area (Å²) in [5.41, 5.74) is 7.93. The van der Waals surface area contributed by atoms with E-state index in [-0.39, 0.29) is 18.4 Å². The molecular formula is C20H27N5O2. The number of nitrogens with zero attached hydrogens (tertiary/aromatic N) is 3. The van der Waals surface area contributed by atoms with E-state index in [9.17, 15) is 9.59 Å². The van der Waals surface area contributed by atoms with Gasteiger partial charge in [0, 0.05) is 32.3 Å². The van der Waals surface area contributed by atoms with Crippen LogP contribution in [0, 0.1) is 0 Å². The summed E-state index contributed by atoms with van der Waals surface area (Å²) in [6, 6.07) is 9.36. The van der Waals surface area contributed by atoms with E-state index in [1.54, 1.807) is 11.2 Å². The van der Waals surface area contributed by atoms with Gasteiger partial charge in [0.25, 0.3) is 0 Å². The fourth-order valence-electron chi connectivity index (χ4n) is 3.26. The number of hydrogen-bond donors (Lipinski definition) is 2. The number of carbonyl (C=O) groups excluding carboxylic acids is 2. The molecular weight excluding hydrogens is 342 g/mol. The topological polar surface area (TPSA) is 93.2 Å². The number of imidazole rings is 1. The van der Waals surface area contributed by atoms with Crippen molar-refractivity contribution in [3.63, 3.8) is 0 Å². The maximum Gasteiger partial charge on any atom is 0.241 e. The second kappa shape index (κ2) is 9.32. The third-order valence-corrected chi connectivity index (χ3v) is 4.78. The molecule has 3 rings (SSSR count). The van der Waals surface area contributed by atoms with E-state index in [0.717, 1.165) is 44.6 Å². The van der Waals surface area contributed by atoms with Crippen molar-refractivity contribution in [2.24, 2.45) is 5.73 Å². The van der Waals surface area contributed by atoms with E-state index in [0.29, 0.717) is 6.42 Å². The molecule has 0 aliphatic carbocycles. The summed E-state index contributed by atoms with van der Waals surface area (Å²) in [6.07, 6.45) is 7.21. The standard InChI is InChI=1S/C20H27N5O2/c21-18(20(27)22-12-19(26)25-9-5-2-6-10-25)11-17-14-24(15-23-17)13-16-7-3-1-4-8-16/h1,3-4,7-8,14-15,18H,2,5-6,9-13,21H2,(H,22,27)/t18-/m0/s1. The van der Waals surface area contributed by atoms with Crippen molar-refractivity contribution in [1.82, 2.24) is 19.8 Å². The van der Waals surface area contributed by atoms with E-state index in [2.05, 4.69) is 22.4 Å². The van der Waals surface area contributed by atoms with Gasteiger partial charge in [0.2, 0.25) is 11.8 Å². The Kier molecular flexibility index (Phi) is 6.59. The predicted molar refractivity (Wildman–Crippen MR) is 103 cm³/mol. The Balaban J connectivity index is 1.44. The number of piperidine rings is 1. The third-order valence-electron chi connectivity index (χ3n) is 4.78. The van der Waals surface area contributed by atoms with Gasteiger partial charge in [-0.25, -0.2) is 4.98 Å². The molecule has 2 aromatic rings. The molecule has 144 valence electrons. The number of amides is 2. The Morgan fingerprint density at radius 3 is 2.63 bits per heavy atom. The van der Waals surface area contributed by atoms with Gasteiger partial charge >= 0.3 is 0 Å². The molecule has 0 saturated carbocycles. The van der Waals surface area contributed by atoms with Gasteiger partial charge in [-0.15, -0.1) is 0 Å². The first-order chi connectivity index (χ1) is 13.1. The van der Waals surface area contributed by atoms with Gasteiger partial charge < -0.3 is 20.5 Å². The summed E-state index contributed by atoms with van der Waals surface area (Å²) in [4.78, 5) is 30.4. The molecule has 7 nitrogen and oxygen atoms in total. The molecule has 2 heterocycles. The second-order valence-electron chi connectivity index (χ2n) is 6.99. The molecule has 1 aromatic heterocycles. The zero-order valence-corrected chi connectivity index (χ0v) is 15.5. The zero-order valence-electron chi connectivity index (χ0n) is 15.5. The summed E-state index contributed by atoms with van der Waals surface area (Å²) in [7, 11) is 0. The van der Waals surface area contributed by atoms with E-state index in [4.69, 9.17) is 5.73 Å².